The molecule has 192 valence electrons. The molecule has 0 aliphatic carbocycles. The predicted octanol–water partition coefficient (Wildman–Crippen LogP) is 5.36. The normalized spacial score (nSPS) is 18.1. The van der Waals surface area contributed by atoms with Gasteiger partial charge in [0, 0.05) is 50.3 Å². The third-order valence-electron chi connectivity index (χ3n) is 7.69. The van der Waals surface area contributed by atoms with Crippen LogP contribution in [0.2, 0.25) is 5.02 Å². The molecule has 6 nitrogen and oxygen atoms in total. The van der Waals surface area contributed by atoms with Crippen molar-refractivity contribution in [2.75, 3.05) is 32.7 Å². The molecule has 0 bridgehead atoms. The maximum Gasteiger partial charge on any atom is 0.260 e. The molecule has 3 aromatic rings. The van der Waals surface area contributed by atoms with Gasteiger partial charge < -0.3 is 19.5 Å². The second kappa shape index (κ2) is 11.8. The summed E-state index contributed by atoms with van der Waals surface area (Å²) in [4.78, 5) is 19.8. The number of rotatable bonds is 8. The fourth-order valence-electron chi connectivity index (χ4n) is 5.55. The van der Waals surface area contributed by atoms with Gasteiger partial charge in [-0.1, -0.05) is 31.0 Å². The first kappa shape index (κ1) is 25.2. The zero-order valence-electron chi connectivity index (χ0n) is 21.2. The lowest BCUT2D eigenvalue weighted by atomic mass is 9.96. The number of unbranched alkanes of at least 4 members (excludes halogenated alkanes) is 1. The van der Waals surface area contributed by atoms with Crippen molar-refractivity contribution in [2.24, 2.45) is 5.92 Å². The van der Waals surface area contributed by atoms with E-state index in [2.05, 4.69) is 28.2 Å². The number of nitrogens with one attached hydrogen (secondary N) is 1. The second-order valence-corrected chi connectivity index (χ2v) is 10.7. The number of nitrogens with zero attached hydrogens (tertiary/aromatic N) is 3. The molecule has 0 saturated carbocycles. The van der Waals surface area contributed by atoms with E-state index >= 15 is 0 Å². The first-order valence-electron chi connectivity index (χ1n) is 13.5. The number of pyridine rings is 2. The Morgan fingerprint density at radius 1 is 1.11 bits per heavy atom. The van der Waals surface area contributed by atoms with Crippen LogP contribution in [0.15, 0.2) is 47.7 Å². The Kier molecular flexibility index (Phi) is 8.25. The van der Waals surface area contributed by atoms with Gasteiger partial charge in [0.1, 0.15) is 11.9 Å². The van der Waals surface area contributed by atoms with E-state index in [0.29, 0.717) is 17.0 Å². The van der Waals surface area contributed by atoms with E-state index in [-0.39, 0.29) is 11.7 Å². The van der Waals surface area contributed by atoms with Crippen LogP contribution in [0.25, 0.3) is 21.9 Å². The quantitative estimate of drug-likeness (QED) is 0.444. The number of benzene rings is 1. The molecule has 0 spiro atoms. The summed E-state index contributed by atoms with van der Waals surface area (Å²) in [6.45, 7) is 8.53. The van der Waals surface area contributed by atoms with Crippen molar-refractivity contribution in [3.63, 3.8) is 0 Å². The van der Waals surface area contributed by atoms with Crippen LogP contribution in [-0.2, 0) is 6.54 Å². The highest BCUT2D eigenvalue weighted by Gasteiger charge is 2.24. The largest absolute Gasteiger partial charge is 0.489 e. The van der Waals surface area contributed by atoms with Gasteiger partial charge in [-0.3, -0.25) is 9.78 Å². The summed E-state index contributed by atoms with van der Waals surface area (Å²) in [6, 6.07) is 7.91. The average molecular weight is 509 g/mol. The van der Waals surface area contributed by atoms with E-state index in [1.165, 1.54) is 19.4 Å². The summed E-state index contributed by atoms with van der Waals surface area (Å²) in [5.74, 6) is 1.57. The maximum atomic E-state index is 13.0. The molecule has 5 rings (SSSR count). The van der Waals surface area contributed by atoms with E-state index in [4.69, 9.17) is 16.3 Å². The topological polar surface area (TPSA) is 59.4 Å². The Morgan fingerprint density at radius 2 is 1.92 bits per heavy atom. The number of piperidine rings is 2. The van der Waals surface area contributed by atoms with Crippen LogP contribution >= 0.6 is 11.6 Å². The van der Waals surface area contributed by atoms with E-state index in [9.17, 15) is 4.79 Å². The van der Waals surface area contributed by atoms with Crippen LogP contribution in [-0.4, -0.2) is 53.3 Å². The number of halogens is 1. The SMILES string of the molecule is CCCCn1cc(-c2ccc(OC3CCN(CC4CCNCC4)CC3)c(Cl)c2)c2ccncc2c1=O. The van der Waals surface area contributed by atoms with Gasteiger partial charge >= 0.3 is 0 Å². The van der Waals surface area contributed by atoms with E-state index in [1.54, 1.807) is 17.0 Å². The van der Waals surface area contributed by atoms with Gasteiger partial charge in [-0.2, -0.15) is 0 Å². The van der Waals surface area contributed by atoms with Gasteiger partial charge in [0.25, 0.3) is 5.56 Å². The van der Waals surface area contributed by atoms with Gasteiger partial charge in [0.15, 0.2) is 0 Å². The van der Waals surface area contributed by atoms with Crippen molar-refractivity contribution in [3.8, 4) is 16.9 Å². The molecule has 2 aliphatic heterocycles. The minimum Gasteiger partial charge on any atom is -0.489 e. The zero-order chi connectivity index (χ0) is 24.9. The van der Waals surface area contributed by atoms with Crippen LogP contribution in [0.3, 0.4) is 0 Å². The first-order valence-corrected chi connectivity index (χ1v) is 13.9. The van der Waals surface area contributed by atoms with Gasteiger partial charge in [-0.05, 0) is 80.3 Å². The first-order chi connectivity index (χ1) is 17.6. The average Bonchev–Trinajstić information content (AvgIpc) is 2.91. The number of likely N-dealkylation sites (tertiary alicyclic amines) is 1. The summed E-state index contributed by atoms with van der Waals surface area (Å²) in [5.41, 5.74) is 1.97. The van der Waals surface area contributed by atoms with Gasteiger partial charge in [0.2, 0.25) is 0 Å². The number of aromatic nitrogens is 2. The molecular formula is C29H37ClN4O2. The molecule has 1 N–H and O–H groups in total. The minimum atomic E-state index is 0.00726. The summed E-state index contributed by atoms with van der Waals surface area (Å²) in [6.07, 6.45) is 12.2. The van der Waals surface area contributed by atoms with Gasteiger partial charge in [-0.25, -0.2) is 0 Å². The van der Waals surface area contributed by atoms with Crippen molar-refractivity contribution in [1.82, 2.24) is 19.8 Å². The monoisotopic (exact) mass is 508 g/mol. The van der Waals surface area contributed by atoms with Crippen molar-refractivity contribution < 1.29 is 4.74 Å². The van der Waals surface area contributed by atoms with Crippen LogP contribution in [0.5, 0.6) is 5.75 Å². The summed E-state index contributed by atoms with van der Waals surface area (Å²) < 4.78 is 8.17. The molecule has 0 radical (unpaired) electrons. The molecular weight excluding hydrogens is 472 g/mol. The molecule has 2 saturated heterocycles. The lowest BCUT2D eigenvalue weighted by Gasteiger charge is -2.35. The lowest BCUT2D eigenvalue weighted by molar-refractivity contribution is 0.0873. The molecule has 4 heterocycles. The third kappa shape index (κ3) is 5.77. The van der Waals surface area contributed by atoms with Crippen LogP contribution < -0.4 is 15.6 Å². The molecule has 0 unspecified atom stereocenters. The van der Waals surface area contributed by atoms with E-state index in [1.807, 2.05) is 24.4 Å². The summed E-state index contributed by atoms with van der Waals surface area (Å²) >= 11 is 6.74. The fraction of sp³-hybridized carbons (Fsp3) is 0.517. The van der Waals surface area contributed by atoms with Gasteiger partial charge in [0.05, 0.1) is 10.4 Å². The number of aryl methyl sites for hydroxylation is 1. The van der Waals surface area contributed by atoms with Crippen molar-refractivity contribution in [2.45, 2.75) is 58.1 Å². The van der Waals surface area contributed by atoms with Crippen LogP contribution in [0, 0.1) is 5.92 Å². The smallest absolute Gasteiger partial charge is 0.260 e. The molecule has 2 aromatic heterocycles. The van der Waals surface area contributed by atoms with Crippen molar-refractivity contribution in [3.05, 3.63) is 58.2 Å². The number of hydrogen-bond acceptors (Lipinski definition) is 5. The summed E-state index contributed by atoms with van der Waals surface area (Å²) in [7, 11) is 0. The Labute approximate surface area is 218 Å². The highest BCUT2D eigenvalue weighted by Crippen LogP contribution is 2.34. The number of hydrogen-bond donors (Lipinski definition) is 1. The van der Waals surface area contributed by atoms with Crippen LogP contribution in [0.1, 0.15) is 45.4 Å². The minimum absolute atomic E-state index is 0.00726. The molecule has 7 heteroatoms. The molecule has 0 atom stereocenters. The zero-order valence-corrected chi connectivity index (χ0v) is 22.0. The molecule has 36 heavy (non-hydrogen) atoms. The Bertz CT molecular complexity index is 1230. The highest BCUT2D eigenvalue weighted by molar-refractivity contribution is 6.32. The molecule has 1 aromatic carbocycles. The highest BCUT2D eigenvalue weighted by atomic mass is 35.5. The number of ether oxygens (including phenoxy) is 1. The number of fused-ring (bicyclic) bond motifs is 1. The molecule has 2 fully saturated rings. The second-order valence-electron chi connectivity index (χ2n) is 10.3. The lowest BCUT2D eigenvalue weighted by Crippen LogP contribution is -2.42. The molecule has 2 aliphatic rings. The maximum absolute atomic E-state index is 13.0. The standard InChI is InChI=1S/C29H37ClN4O2/c1-2-3-14-34-20-26(24-8-13-32-18-25(24)29(34)35)22-4-5-28(27(30)17-22)36-23-9-15-33(16-10-23)19-21-6-11-31-12-7-21/h4-5,8,13,17-18,20-21,23,31H,2-3,6-7,9-12,14-16,19H2,1H3. The van der Waals surface area contributed by atoms with Gasteiger partial charge in [-0.15, -0.1) is 0 Å². The molecule has 0 amide bonds. The fourth-order valence-corrected chi connectivity index (χ4v) is 5.77. The van der Waals surface area contributed by atoms with Crippen molar-refractivity contribution >= 4 is 22.4 Å². The Morgan fingerprint density at radius 3 is 2.67 bits per heavy atom. The third-order valence-corrected chi connectivity index (χ3v) is 7.98. The van der Waals surface area contributed by atoms with E-state index in [0.717, 1.165) is 80.0 Å². The summed E-state index contributed by atoms with van der Waals surface area (Å²) in [5, 5.41) is 5.60. The predicted molar refractivity (Wildman–Crippen MR) is 147 cm³/mol. The Balaban J connectivity index is 1.29. The van der Waals surface area contributed by atoms with E-state index < -0.39 is 0 Å². The van der Waals surface area contributed by atoms with Crippen LogP contribution in [0.4, 0.5) is 0 Å². The Hall–Kier alpha value is -2.41. The van der Waals surface area contributed by atoms with Crippen molar-refractivity contribution in [1.29, 1.82) is 0 Å².